The molecule has 3 heterocycles. The average molecular weight is 310 g/mol. The number of nitrogens with zero attached hydrogens (tertiary/aromatic N) is 5. The van der Waals surface area contributed by atoms with Crippen molar-refractivity contribution in [2.45, 2.75) is 32.4 Å². The van der Waals surface area contributed by atoms with E-state index in [9.17, 15) is 4.79 Å². The van der Waals surface area contributed by atoms with E-state index in [1.54, 1.807) is 0 Å². The van der Waals surface area contributed by atoms with E-state index in [-0.39, 0.29) is 5.56 Å². The van der Waals surface area contributed by atoms with Gasteiger partial charge in [0.15, 0.2) is 5.82 Å². The summed E-state index contributed by atoms with van der Waals surface area (Å²) in [5, 5.41) is 8.34. The van der Waals surface area contributed by atoms with E-state index in [4.69, 9.17) is 0 Å². The lowest BCUT2D eigenvalue weighted by Crippen LogP contribution is -2.24. The molecule has 0 atom stereocenters. The number of rotatable bonds is 2. The average Bonchev–Trinajstić information content (AvgIpc) is 2.79. The van der Waals surface area contributed by atoms with Crippen molar-refractivity contribution >= 4 is 15.9 Å². The Labute approximate surface area is 112 Å². The summed E-state index contributed by atoms with van der Waals surface area (Å²) >= 11 is 3.19. The maximum Gasteiger partial charge on any atom is 0.268 e. The van der Waals surface area contributed by atoms with Gasteiger partial charge in [-0.05, 0) is 28.8 Å². The summed E-state index contributed by atoms with van der Waals surface area (Å²) < 4.78 is 4.11. The van der Waals surface area contributed by atoms with Gasteiger partial charge in [0.1, 0.15) is 10.3 Å². The summed E-state index contributed by atoms with van der Waals surface area (Å²) in [6.07, 6.45) is 6.30. The van der Waals surface area contributed by atoms with Crippen LogP contribution >= 0.6 is 15.9 Å². The Balaban J connectivity index is 1.95. The van der Waals surface area contributed by atoms with Gasteiger partial charge >= 0.3 is 0 Å². The topological polar surface area (TPSA) is 65.6 Å². The largest absolute Gasteiger partial charge is 0.313 e. The second kappa shape index (κ2) is 4.64. The summed E-state index contributed by atoms with van der Waals surface area (Å²) in [6.45, 7) is 1.35. The SMILES string of the molecule is O=c1c(Br)cncn1Cc1nnc2n1CCCC2. The quantitative estimate of drug-likeness (QED) is 0.829. The minimum atomic E-state index is -0.0989. The molecule has 1 aliphatic heterocycles. The fourth-order valence-corrected chi connectivity index (χ4v) is 2.52. The molecule has 0 aromatic carbocycles. The highest BCUT2D eigenvalue weighted by Gasteiger charge is 2.16. The lowest BCUT2D eigenvalue weighted by Gasteiger charge is -2.14. The zero-order valence-corrected chi connectivity index (χ0v) is 11.3. The van der Waals surface area contributed by atoms with Crippen LogP contribution in [0.4, 0.5) is 0 Å². The Morgan fingerprint density at radius 1 is 1.33 bits per heavy atom. The first kappa shape index (κ1) is 11.6. The fraction of sp³-hybridized carbons (Fsp3) is 0.455. The molecular weight excluding hydrogens is 298 g/mol. The standard InChI is InChI=1S/C11H12BrN5O/c12-8-5-13-7-16(11(8)18)6-10-15-14-9-3-1-2-4-17(9)10/h5,7H,1-4,6H2. The van der Waals surface area contributed by atoms with E-state index in [0.717, 1.165) is 37.5 Å². The molecule has 0 aliphatic carbocycles. The predicted molar refractivity (Wildman–Crippen MR) is 68.3 cm³/mol. The first-order valence-electron chi connectivity index (χ1n) is 5.86. The summed E-state index contributed by atoms with van der Waals surface area (Å²) in [5.74, 6) is 1.85. The molecule has 1 aliphatic rings. The van der Waals surface area contributed by atoms with Crippen LogP contribution in [0.3, 0.4) is 0 Å². The van der Waals surface area contributed by atoms with Gasteiger partial charge in [-0.15, -0.1) is 10.2 Å². The molecule has 0 saturated heterocycles. The molecule has 0 saturated carbocycles. The van der Waals surface area contributed by atoms with Gasteiger partial charge in [-0.2, -0.15) is 0 Å². The van der Waals surface area contributed by atoms with Crippen LogP contribution in [0.1, 0.15) is 24.5 Å². The summed E-state index contributed by atoms with van der Waals surface area (Å²) in [4.78, 5) is 15.9. The highest BCUT2D eigenvalue weighted by Crippen LogP contribution is 2.14. The summed E-state index contributed by atoms with van der Waals surface area (Å²) in [6, 6.07) is 0. The monoisotopic (exact) mass is 309 g/mol. The van der Waals surface area contributed by atoms with Crippen molar-refractivity contribution in [3.05, 3.63) is 39.0 Å². The van der Waals surface area contributed by atoms with Crippen molar-refractivity contribution in [3.63, 3.8) is 0 Å². The molecule has 2 aromatic heterocycles. The number of aryl methyl sites for hydroxylation is 1. The molecular formula is C11H12BrN5O. The van der Waals surface area contributed by atoms with Gasteiger partial charge in [-0.3, -0.25) is 9.36 Å². The maximum absolute atomic E-state index is 11.9. The van der Waals surface area contributed by atoms with Gasteiger partial charge in [0.25, 0.3) is 5.56 Å². The van der Waals surface area contributed by atoms with Crippen molar-refractivity contribution in [2.75, 3.05) is 0 Å². The van der Waals surface area contributed by atoms with Crippen molar-refractivity contribution in [3.8, 4) is 0 Å². The van der Waals surface area contributed by atoms with E-state index in [1.165, 1.54) is 17.1 Å². The molecule has 18 heavy (non-hydrogen) atoms. The zero-order valence-electron chi connectivity index (χ0n) is 9.71. The Morgan fingerprint density at radius 3 is 3.11 bits per heavy atom. The first-order chi connectivity index (χ1) is 8.75. The molecule has 2 aromatic rings. The van der Waals surface area contributed by atoms with Gasteiger partial charge in [0, 0.05) is 19.2 Å². The third-order valence-corrected chi connectivity index (χ3v) is 3.65. The summed E-state index contributed by atoms with van der Waals surface area (Å²) in [7, 11) is 0. The Morgan fingerprint density at radius 2 is 2.22 bits per heavy atom. The van der Waals surface area contributed by atoms with Crippen molar-refractivity contribution < 1.29 is 0 Å². The van der Waals surface area contributed by atoms with Gasteiger partial charge < -0.3 is 4.57 Å². The van der Waals surface area contributed by atoms with Crippen LogP contribution in [0.2, 0.25) is 0 Å². The second-order valence-corrected chi connectivity index (χ2v) is 5.17. The van der Waals surface area contributed by atoms with Crippen molar-refractivity contribution in [1.29, 1.82) is 0 Å². The molecule has 7 heteroatoms. The number of halogens is 1. The number of aromatic nitrogens is 5. The van der Waals surface area contributed by atoms with Crippen LogP contribution < -0.4 is 5.56 Å². The fourth-order valence-electron chi connectivity index (χ4n) is 2.17. The van der Waals surface area contributed by atoms with Crippen LogP contribution in [-0.4, -0.2) is 24.3 Å². The molecule has 0 radical (unpaired) electrons. The van der Waals surface area contributed by atoms with E-state index < -0.39 is 0 Å². The lowest BCUT2D eigenvalue weighted by atomic mass is 10.2. The molecule has 6 nitrogen and oxygen atoms in total. The Kier molecular flexibility index (Phi) is 2.99. The molecule has 0 fully saturated rings. The van der Waals surface area contributed by atoms with Crippen LogP contribution in [0, 0.1) is 0 Å². The Bertz CT molecular complexity index is 633. The van der Waals surface area contributed by atoms with Gasteiger partial charge in [0.05, 0.1) is 12.9 Å². The van der Waals surface area contributed by atoms with Crippen molar-refractivity contribution in [2.24, 2.45) is 0 Å². The second-order valence-electron chi connectivity index (χ2n) is 4.32. The predicted octanol–water partition coefficient (Wildman–Crippen LogP) is 0.982. The smallest absolute Gasteiger partial charge is 0.268 e. The molecule has 3 rings (SSSR count). The molecule has 0 unspecified atom stereocenters. The van der Waals surface area contributed by atoms with Crippen LogP contribution in [0.5, 0.6) is 0 Å². The first-order valence-corrected chi connectivity index (χ1v) is 6.66. The maximum atomic E-state index is 11.9. The molecule has 0 spiro atoms. The zero-order chi connectivity index (χ0) is 12.5. The van der Waals surface area contributed by atoms with Crippen LogP contribution in [-0.2, 0) is 19.5 Å². The third-order valence-electron chi connectivity index (χ3n) is 3.11. The highest BCUT2D eigenvalue weighted by atomic mass is 79.9. The van der Waals surface area contributed by atoms with Gasteiger partial charge in [-0.25, -0.2) is 4.98 Å². The number of fused-ring (bicyclic) bond motifs is 1. The minimum absolute atomic E-state index is 0.0989. The van der Waals surface area contributed by atoms with E-state index >= 15 is 0 Å². The third kappa shape index (κ3) is 1.98. The molecule has 0 bridgehead atoms. The summed E-state index contributed by atoms with van der Waals surface area (Å²) in [5.41, 5.74) is -0.0989. The van der Waals surface area contributed by atoms with Crippen LogP contribution in [0.25, 0.3) is 0 Å². The Hall–Kier alpha value is -1.50. The van der Waals surface area contributed by atoms with E-state index in [2.05, 4.69) is 35.7 Å². The minimum Gasteiger partial charge on any atom is -0.313 e. The van der Waals surface area contributed by atoms with Gasteiger partial charge in [0.2, 0.25) is 0 Å². The number of hydrogen-bond acceptors (Lipinski definition) is 4. The van der Waals surface area contributed by atoms with Crippen LogP contribution in [0.15, 0.2) is 21.8 Å². The molecule has 94 valence electrons. The number of hydrogen-bond donors (Lipinski definition) is 0. The van der Waals surface area contributed by atoms with Gasteiger partial charge in [-0.1, -0.05) is 0 Å². The molecule has 0 N–H and O–H groups in total. The highest BCUT2D eigenvalue weighted by molar-refractivity contribution is 9.10. The van der Waals surface area contributed by atoms with Crippen molar-refractivity contribution in [1.82, 2.24) is 24.3 Å². The normalized spacial score (nSPS) is 14.5. The van der Waals surface area contributed by atoms with E-state index in [1.807, 2.05) is 0 Å². The molecule has 0 amide bonds. The lowest BCUT2D eigenvalue weighted by molar-refractivity contribution is 0.499. The van der Waals surface area contributed by atoms with E-state index in [0.29, 0.717) is 11.0 Å².